The minimum atomic E-state index is -0.427. The highest BCUT2D eigenvalue weighted by Crippen LogP contribution is 2.26. The summed E-state index contributed by atoms with van der Waals surface area (Å²) in [6.07, 6.45) is -0.228. The quantitative estimate of drug-likeness (QED) is 0.646. The van der Waals surface area contributed by atoms with Gasteiger partial charge in [-0.15, -0.1) is 0 Å². The van der Waals surface area contributed by atoms with E-state index in [1.807, 2.05) is 25.9 Å². The lowest BCUT2D eigenvalue weighted by Crippen LogP contribution is -2.43. The van der Waals surface area contributed by atoms with E-state index in [1.54, 1.807) is 17.0 Å². The van der Waals surface area contributed by atoms with Crippen molar-refractivity contribution < 1.29 is 9.72 Å². The Labute approximate surface area is 123 Å². The summed E-state index contributed by atoms with van der Waals surface area (Å²) >= 11 is 0. The number of nitrogens with one attached hydrogen (secondary N) is 1. The number of carbonyl (C=O) groups excluding carboxylic acids is 1. The minimum Gasteiger partial charge on any atom is -0.318 e. The van der Waals surface area contributed by atoms with Gasteiger partial charge in [-0.05, 0) is 38.7 Å². The molecular weight excluding hydrogens is 272 g/mol. The molecule has 1 aromatic carbocycles. The molecule has 21 heavy (non-hydrogen) atoms. The SMILES string of the molecule is CC(CN(C)C)N1C(=O)CNC1c1ccc([N+](=O)[O-])cc1. The Morgan fingerprint density at radius 1 is 1.43 bits per heavy atom. The van der Waals surface area contributed by atoms with E-state index in [0.717, 1.165) is 12.1 Å². The molecule has 7 heteroatoms. The molecule has 0 bridgehead atoms. The van der Waals surface area contributed by atoms with Gasteiger partial charge in [-0.1, -0.05) is 0 Å². The van der Waals surface area contributed by atoms with Gasteiger partial charge < -0.3 is 9.80 Å². The van der Waals surface area contributed by atoms with Crippen LogP contribution in [0.4, 0.5) is 5.69 Å². The maximum absolute atomic E-state index is 12.1. The first-order valence-corrected chi connectivity index (χ1v) is 6.83. The number of nitro benzene ring substituents is 1. The minimum absolute atomic E-state index is 0.0488. The normalized spacial score (nSPS) is 20.1. The molecule has 1 aliphatic rings. The van der Waals surface area contributed by atoms with E-state index < -0.39 is 4.92 Å². The molecular formula is C14H20N4O3. The van der Waals surface area contributed by atoms with Gasteiger partial charge in [-0.2, -0.15) is 0 Å². The number of amides is 1. The molecule has 1 saturated heterocycles. The Hall–Kier alpha value is -1.99. The maximum Gasteiger partial charge on any atom is 0.269 e. The summed E-state index contributed by atoms with van der Waals surface area (Å²) in [7, 11) is 3.93. The Kier molecular flexibility index (Phi) is 4.54. The number of carbonyl (C=O) groups is 1. The third-order valence-electron chi connectivity index (χ3n) is 3.54. The average Bonchev–Trinajstić information content (AvgIpc) is 2.80. The summed E-state index contributed by atoms with van der Waals surface area (Å²) in [6.45, 7) is 3.06. The van der Waals surface area contributed by atoms with Crippen LogP contribution in [0, 0.1) is 10.1 Å². The fourth-order valence-corrected chi connectivity index (χ4v) is 2.69. The topological polar surface area (TPSA) is 78.7 Å². The zero-order chi connectivity index (χ0) is 15.6. The maximum atomic E-state index is 12.1. The van der Waals surface area contributed by atoms with E-state index in [0.29, 0.717) is 6.54 Å². The van der Waals surface area contributed by atoms with Crippen molar-refractivity contribution in [3.05, 3.63) is 39.9 Å². The summed E-state index contributed by atoms with van der Waals surface area (Å²) in [6, 6.07) is 6.39. The molecule has 1 aromatic rings. The molecule has 0 radical (unpaired) electrons. The molecule has 114 valence electrons. The molecule has 0 aromatic heterocycles. The van der Waals surface area contributed by atoms with Gasteiger partial charge >= 0.3 is 0 Å². The van der Waals surface area contributed by atoms with Crippen molar-refractivity contribution in [1.29, 1.82) is 0 Å². The van der Waals surface area contributed by atoms with E-state index in [4.69, 9.17) is 0 Å². The fourth-order valence-electron chi connectivity index (χ4n) is 2.69. The number of non-ortho nitro benzene ring substituents is 1. The van der Waals surface area contributed by atoms with Crippen molar-refractivity contribution >= 4 is 11.6 Å². The molecule has 2 rings (SSSR count). The first kappa shape index (κ1) is 15.4. The van der Waals surface area contributed by atoms with Gasteiger partial charge in [0.15, 0.2) is 0 Å². The van der Waals surface area contributed by atoms with Crippen LogP contribution in [-0.2, 0) is 4.79 Å². The lowest BCUT2D eigenvalue weighted by molar-refractivity contribution is -0.384. The molecule has 1 N–H and O–H groups in total. The fraction of sp³-hybridized carbons (Fsp3) is 0.500. The van der Waals surface area contributed by atoms with Crippen molar-refractivity contribution in [2.24, 2.45) is 0 Å². The van der Waals surface area contributed by atoms with Crippen LogP contribution >= 0.6 is 0 Å². The number of hydrogen-bond acceptors (Lipinski definition) is 5. The van der Waals surface area contributed by atoms with Gasteiger partial charge in [0.2, 0.25) is 5.91 Å². The Bertz CT molecular complexity index is 530. The van der Waals surface area contributed by atoms with Crippen LogP contribution in [0.1, 0.15) is 18.7 Å². The van der Waals surface area contributed by atoms with E-state index in [1.165, 1.54) is 12.1 Å². The van der Waals surface area contributed by atoms with Gasteiger partial charge in [0.25, 0.3) is 5.69 Å². The number of benzene rings is 1. The second-order valence-corrected chi connectivity index (χ2v) is 5.54. The van der Waals surface area contributed by atoms with Crippen LogP contribution in [-0.4, -0.2) is 53.9 Å². The highest BCUT2D eigenvalue weighted by molar-refractivity contribution is 5.81. The number of nitro groups is 1. The molecule has 0 spiro atoms. The standard InChI is InChI=1S/C14H20N4O3/c1-10(9-16(2)3)17-13(19)8-15-14(17)11-4-6-12(7-5-11)18(20)21/h4-7,10,14-15H,8-9H2,1-3H3. The zero-order valence-electron chi connectivity index (χ0n) is 12.4. The Balaban J connectivity index is 2.20. The van der Waals surface area contributed by atoms with E-state index in [9.17, 15) is 14.9 Å². The molecule has 1 amide bonds. The Morgan fingerprint density at radius 3 is 2.57 bits per heavy atom. The van der Waals surface area contributed by atoms with Crippen LogP contribution in [0.25, 0.3) is 0 Å². The predicted molar refractivity (Wildman–Crippen MR) is 78.7 cm³/mol. The summed E-state index contributed by atoms with van der Waals surface area (Å²) in [5.74, 6) is 0.0488. The Morgan fingerprint density at radius 2 is 2.05 bits per heavy atom. The second kappa shape index (κ2) is 6.19. The monoisotopic (exact) mass is 292 g/mol. The lowest BCUT2D eigenvalue weighted by Gasteiger charge is -2.32. The van der Waals surface area contributed by atoms with Crippen LogP contribution in [0.3, 0.4) is 0 Å². The van der Waals surface area contributed by atoms with Gasteiger partial charge in [-0.25, -0.2) is 0 Å². The van der Waals surface area contributed by atoms with Crippen LogP contribution in [0.2, 0.25) is 0 Å². The predicted octanol–water partition coefficient (Wildman–Crippen LogP) is 0.975. The summed E-state index contributed by atoms with van der Waals surface area (Å²) in [4.78, 5) is 26.2. The van der Waals surface area contributed by atoms with E-state index in [-0.39, 0.29) is 23.8 Å². The van der Waals surface area contributed by atoms with Gasteiger partial charge in [0, 0.05) is 24.7 Å². The van der Waals surface area contributed by atoms with Crippen molar-refractivity contribution in [3.8, 4) is 0 Å². The number of rotatable bonds is 5. The van der Waals surface area contributed by atoms with Crippen molar-refractivity contribution in [2.45, 2.75) is 19.1 Å². The summed E-state index contributed by atoms with van der Waals surface area (Å²) in [5.41, 5.74) is 0.910. The van der Waals surface area contributed by atoms with Crippen LogP contribution in [0.5, 0.6) is 0 Å². The first-order chi connectivity index (χ1) is 9.90. The summed E-state index contributed by atoms with van der Waals surface area (Å²) in [5, 5.41) is 13.9. The van der Waals surface area contributed by atoms with Crippen molar-refractivity contribution in [1.82, 2.24) is 15.1 Å². The third-order valence-corrected chi connectivity index (χ3v) is 3.54. The van der Waals surface area contributed by atoms with Gasteiger partial charge in [0.1, 0.15) is 6.17 Å². The molecule has 7 nitrogen and oxygen atoms in total. The first-order valence-electron chi connectivity index (χ1n) is 6.83. The second-order valence-electron chi connectivity index (χ2n) is 5.54. The van der Waals surface area contributed by atoms with Crippen molar-refractivity contribution in [3.63, 3.8) is 0 Å². The highest BCUT2D eigenvalue weighted by Gasteiger charge is 2.35. The molecule has 2 unspecified atom stereocenters. The molecule has 2 atom stereocenters. The van der Waals surface area contributed by atoms with Crippen LogP contribution < -0.4 is 5.32 Å². The zero-order valence-corrected chi connectivity index (χ0v) is 12.4. The molecule has 1 fully saturated rings. The molecule has 0 aliphatic carbocycles. The number of hydrogen-bond donors (Lipinski definition) is 1. The van der Waals surface area contributed by atoms with Crippen molar-refractivity contribution in [2.75, 3.05) is 27.2 Å². The average molecular weight is 292 g/mol. The smallest absolute Gasteiger partial charge is 0.269 e. The largest absolute Gasteiger partial charge is 0.318 e. The van der Waals surface area contributed by atoms with Gasteiger partial charge in [-0.3, -0.25) is 20.2 Å². The van der Waals surface area contributed by atoms with E-state index >= 15 is 0 Å². The molecule has 0 saturated carbocycles. The van der Waals surface area contributed by atoms with Crippen LogP contribution in [0.15, 0.2) is 24.3 Å². The highest BCUT2D eigenvalue weighted by atomic mass is 16.6. The third kappa shape index (κ3) is 3.37. The number of likely N-dealkylation sites (N-methyl/N-ethyl adjacent to an activating group) is 1. The lowest BCUT2D eigenvalue weighted by atomic mass is 10.1. The molecule has 1 aliphatic heterocycles. The molecule has 1 heterocycles. The van der Waals surface area contributed by atoms with Gasteiger partial charge in [0.05, 0.1) is 11.5 Å². The number of nitrogens with zero attached hydrogens (tertiary/aromatic N) is 3. The summed E-state index contributed by atoms with van der Waals surface area (Å²) < 4.78 is 0. The van der Waals surface area contributed by atoms with E-state index in [2.05, 4.69) is 5.32 Å².